The minimum Gasteiger partial charge on any atom is -0.431 e. The fourth-order valence-electron chi connectivity index (χ4n) is 1.14. The third-order valence-electron chi connectivity index (χ3n) is 1.80. The average molecular weight is 244 g/mol. The van der Waals surface area contributed by atoms with Crippen molar-refractivity contribution >= 4 is 22.6 Å². The fraction of sp³-hybridized carbons (Fsp3) is 0.600. The van der Waals surface area contributed by atoms with E-state index in [1.165, 1.54) is 15.9 Å². The highest BCUT2D eigenvalue weighted by Gasteiger charge is 2.21. The predicted octanol–water partition coefficient (Wildman–Crippen LogP) is 1.28. The van der Waals surface area contributed by atoms with Crippen molar-refractivity contribution in [3.05, 3.63) is 11.1 Å². The molecule has 1 N–H and O–H groups in total. The third kappa shape index (κ3) is 3.46. The molecule has 0 bridgehead atoms. The molecular weight excluding hydrogens is 226 g/mol. The van der Waals surface area contributed by atoms with E-state index in [2.05, 4.69) is 5.32 Å². The molecule has 0 fully saturated rings. The number of ether oxygens (including phenoxy) is 1. The van der Waals surface area contributed by atoms with Gasteiger partial charge in [-0.25, -0.2) is 0 Å². The van der Waals surface area contributed by atoms with Crippen LogP contribution in [0.15, 0.2) is 6.20 Å². The minimum absolute atomic E-state index is 0.340. The van der Waals surface area contributed by atoms with Gasteiger partial charge in [-0.3, -0.25) is 10.2 Å². The summed E-state index contributed by atoms with van der Waals surface area (Å²) in [5, 5.41) is 3.98. The Morgan fingerprint density at radius 3 is 2.88 bits per heavy atom. The predicted molar refractivity (Wildman–Crippen MR) is 63.8 cm³/mol. The van der Waals surface area contributed by atoms with Gasteiger partial charge in [0.15, 0.2) is 0 Å². The lowest BCUT2D eigenvalue weighted by molar-refractivity contribution is -0.567. The van der Waals surface area contributed by atoms with Crippen LogP contribution in [-0.4, -0.2) is 38.4 Å². The Morgan fingerprint density at radius 1 is 1.62 bits per heavy atom. The molecule has 0 atom stereocenters. The molecule has 0 aliphatic carbocycles. The van der Waals surface area contributed by atoms with Crippen molar-refractivity contribution in [1.82, 2.24) is 4.90 Å². The Labute approximate surface area is 99.6 Å². The van der Waals surface area contributed by atoms with Crippen molar-refractivity contribution in [3.63, 3.8) is 0 Å². The zero-order valence-electron chi connectivity index (χ0n) is 10.1. The van der Waals surface area contributed by atoms with Gasteiger partial charge in [0.25, 0.3) is 0 Å². The maximum atomic E-state index is 11.6. The lowest BCUT2D eigenvalue weighted by Crippen LogP contribution is -2.44. The van der Waals surface area contributed by atoms with E-state index in [1.54, 1.807) is 13.1 Å². The largest absolute Gasteiger partial charge is 0.512 e. The molecule has 5 nitrogen and oxygen atoms in total. The van der Waals surface area contributed by atoms with Gasteiger partial charge in [0, 0.05) is 4.88 Å². The van der Waals surface area contributed by atoms with Crippen LogP contribution in [0.2, 0.25) is 0 Å². The summed E-state index contributed by atoms with van der Waals surface area (Å²) >= 11 is 1.53. The van der Waals surface area contributed by atoms with Crippen LogP contribution in [-0.2, 0) is 4.74 Å². The van der Waals surface area contributed by atoms with Gasteiger partial charge in [-0.15, -0.1) is 4.57 Å². The molecule has 0 saturated heterocycles. The molecule has 0 aromatic carbocycles. The smallest absolute Gasteiger partial charge is 0.431 e. The summed E-state index contributed by atoms with van der Waals surface area (Å²) in [6.07, 6.45) is 1.44. The Hall–Kier alpha value is -1.14. The first-order chi connectivity index (χ1) is 7.54. The number of aromatic nitrogens is 1. The van der Waals surface area contributed by atoms with Gasteiger partial charge in [0.05, 0.1) is 6.61 Å². The summed E-state index contributed by atoms with van der Waals surface area (Å²) in [5.74, 6) is 0. The van der Waals surface area contributed by atoms with Gasteiger partial charge in [-0.05, 0) is 27.9 Å². The van der Waals surface area contributed by atoms with Crippen molar-refractivity contribution in [1.29, 1.82) is 0 Å². The number of nitrogens with zero attached hydrogens (tertiary/aromatic N) is 2. The summed E-state index contributed by atoms with van der Waals surface area (Å²) in [6.45, 7) is 4.82. The number of rotatable bonds is 4. The molecule has 0 aliphatic heterocycles. The van der Waals surface area contributed by atoms with Crippen molar-refractivity contribution in [3.8, 4) is 0 Å². The zero-order chi connectivity index (χ0) is 12.1. The van der Waals surface area contributed by atoms with Crippen molar-refractivity contribution in [2.75, 3.05) is 32.7 Å². The quantitative estimate of drug-likeness (QED) is 0.640. The number of nitrogens with one attached hydrogen (secondary N) is 1. The fourth-order valence-corrected chi connectivity index (χ4v) is 1.97. The molecule has 0 saturated carbocycles. The van der Waals surface area contributed by atoms with Gasteiger partial charge >= 0.3 is 11.2 Å². The third-order valence-corrected chi connectivity index (χ3v) is 2.76. The minimum atomic E-state index is -0.340. The summed E-state index contributed by atoms with van der Waals surface area (Å²) in [4.78, 5) is 14.7. The number of hydrogen-bond donors (Lipinski definition) is 1. The Kier molecular flexibility index (Phi) is 4.70. The number of hydrogen-bond acceptors (Lipinski definition) is 5. The van der Waals surface area contributed by atoms with E-state index in [0.29, 0.717) is 13.3 Å². The number of carbonyl (C=O) groups excluding carboxylic acids is 1. The zero-order valence-corrected chi connectivity index (χ0v) is 10.9. The molecule has 0 unspecified atom stereocenters. The Balaban J connectivity index is 2.78. The van der Waals surface area contributed by atoms with Gasteiger partial charge in [-0.2, -0.15) is 4.79 Å². The van der Waals surface area contributed by atoms with Crippen LogP contribution in [0.3, 0.4) is 0 Å². The molecule has 1 aromatic rings. The average Bonchev–Trinajstić information content (AvgIpc) is 2.57. The van der Waals surface area contributed by atoms with Gasteiger partial charge in [-0.1, -0.05) is 11.3 Å². The molecule has 90 valence electrons. The maximum Gasteiger partial charge on any atom is 0.512 e. The van der Waals surface area contributed by atoms with Crippen LogP contribution in [0, 0.1) is 6.92 Å². The summed E-state index contributed by atoms with van der Waals surface area (Å²) in [5.41, 5.74) is 0. The van der Waals surface area contributed by atoms with Crippen LogP contribution >= 0.6 is 11.3 Å². The van der Waals surface area contributed by atoms with Gasteiger partial charge in [0.2, 0.25) is 0 Å². The molecule has 16 heavy (non-hydrogen) atoms. The van der Waals surface area contributed by atoms with Crippen molar-refractivity contribution in [2.24, 2.45) is 0 Å². The molecule has 0 spiro atoms. The first-order valence-corrected chi connectivity index (χ1v) is 5.94. The second kappa shape index (κ2) is 5.81. The van der Waals surface area contributed by atoms with E-state index >= 15 is 0 Å². The first kappa shape index (κ1) is 12.9. The van der Waals surface area contributed by atoms with Crippen LogP contribution in [0.1, 0.15) is 11.8 Å². The summed E-state index contributed by atoms with van der Waals surface area (Å²) in [6, 6.07) is 0. The van der Waals surface area contributed by atoms with Crippen LogP contribution < -0.4 is 9.88 Å². The highest BCUT2D eigenvalue weighted by molar-refractivity contribution is 7.15. The summed E-state index contributed by atoms with van der Waals surface area (Å²) < 4.78 is 6.47. The van der Waals surface area contributed by atoms with E-state index < -0.39 is 0 Å². The SMILES string of the molecule is CCOC(=O)[n+]1cc(C)sc1NCN(C)C. The number of carbonyl (C=O) groups is 1. The number of anilines is 1. The number of aryl methyl sites for hydroxylation is 1. The Morgan fingerprint density at radius 2 is 2.31 bits per heavy atom. The highest BCUT2D eigenvalue weighted by atomic mass is 32.1. The lowest BCUT2D eigenvalue weighted by Gasteiger charge is -2.06. The molecule has 6 heteroatoms. The molecule has 0 radical (unpaired) electrons. The summed E-state index contributed by atoms with van der Waals surface area (Å²) in [7, 11) is 3.92. The first-order valence-electron chi connectivity index (χ1n) is 5.12. The standard InChI is InChI=1S/C10H17N3O2S/c1-5-15-10(14)13-6-8(2)16-9(13)11-7-12(3)4/h6H,5,7H2,1-4H3/p+1. The van der Waals surface area contributed by atoms with E-state index in [-0.39, 0.29) is 6.09 Å². The molecule has 1 rings (SSSR count). The molecular formula is C10H18N3O2S+. The molecule has 1 aromatic heterocycles. The van der Waals surface area contributed by atoms with E-state index in [9.17, 15) is 4.79 Å². The van der Waals surface area contributed by atoms with E-state index in [1.807, 2.05) is 25.9 Å². The monoisotopic (exact) mass is 244 g/mol. The number of thiazole rings is 1. The Bertz CT molecular complexity index is 363. The van der Waals surface area contributed by atoms with Crippen LogP contribution in [0.25, 0.3) is 0 Å². The van der Waals surface area contributed by atoms with E-state index in [4.69, 9.17) is 4.74 Å². The molecule has 0 aliphatic rings. The van der Waals surface area contributed by atoms with Crippen molar-refractivity contribution in [2.45, 2.75) is 13.8 Å². The van der Waals surface area contributed by atoms with Gasteiger partial charge < -0.3 is 4.74 Å². The van der Waals surface area contributed by atoms with Crippen LogP contribution in [0.4, 0.5) is 9.93 Å². The topological polar surface area (TPSA) is 45.5 Å². The normalized spacial score (nSPS) is 10.6. The van der Waals surface area contributed by atoms with Crippen molar-refractivity contribution < 1.29 is 14.1 Å². The second-order valence-electron chi connectivity index (χ2n) is 3.63. The highest BCUT2D eigenvalue weighted by Crippen LogP contribution is 2.14. The van der Waals surface area contributed by atoms with Crippen LogP contribution in [0.5, 0.6) is 0 Å². The maximum absolute atomic E-state index is 11.6. The van der Waals surface area contributed by atoms with E-state index in [0.717, 1.165) is 10.0 Å². The molecule has 0 amide bonds. The second-order valence-corrected chi connectivity index (χ2v) is 4.87. The van der Waals surface area contributed by atoms with Gasteiger partial charge in [0.1, 0.15) is 12.9 Å². The molecule has 1 heterocycles. The lowest BCUT2D eigenvalue weighted by atomic mass is 10.6.